The van der Waals surface area contributed by atoms with Crippen LogP contribution in [0.4, 0.5) is 10.1 Å². The van der Waals surface area contributed by atoms with Crippen LogP contribution in [0, 0.1) is 5.82 Å². The number of hydrogen-bond donors (Lipinski definition) is 1. The summed E-state index contributed by atoms with van der Waals surface area (Å²) in [5, 5.41) is 3.21. The first kappa shape index (κ1) is 14.3. The summed E-state index contributed by atoms with van der Waals surface area (Å²) in [4.78, 5) is 4.50. The number of hydrogen-bond acceptors (Lipinski definition) is 3. The molecule has 1 N–H and O–H groups in total. The van der Waals surface area contributed by atoms with E-state index in [2.05, 4.69) is 36.0 Å². The third-order valence-electron chi connectivity index (χ3n) is 4.04. The van der Waals surface area contributed by atoms with Crippen LogP contribution < -0.4 is 10.2 Å². The zero-order valence-electron chi connectivity index (χ0n) is 12.3. The van der Waals surface area contributed by atoms with Gasteiger partial charge < -0.3 is 15.1 Å². The normalized spacial score (nSPS) is 22.6. The maximum absolute atomic E-state index is 14.3. The minimum atomic E-state index is -0.115. The average Bonchev–Trinajstić information content (AvgIpc) is 2.38. The second-order valence-corrected chi connectivity index (χ2v) is 5.49. The molecule has 4 heteroatoms. The molecular weight excluding hydrogens is 241 g/mol. The van der Waals surface area contributed by atoms with Crippen molar-refractivity contribution >= 4 is 5.69 Å². The Bertz CT molecular complexity index is 435. The van der Waals surface area contributed by atoms with Gasteiger partial charge in [0.25, 0.3) is 0 Å². The first-order valence-corrected chi connectivity index (χ1v) is 6.95. The van der Waals surface area contributed by atoms with Crippen molar-refractivity contribution in [3.63, 3.8) is 0 Å². The van der Waals surface area contributed by atoms with Crippen LogP contribution in [0.3, 0.4) is 0 Å². The van der Waals surface area contributed by atoms with Crippen molar-refractivity contribution in [2.24, 2.45) is 0 Å². The number of piperazine rings is 1. The quantitative estimate of drug-likeness (QED) is 0.904. The first-order chi connectivity index (χ1) is 9.04. The van der Waals surface area contributed by atoms with Gasteiger partial charge in [0.2, 0.25) is 0 Å². The van der Waals surface area contributed by atoms with Crippen molar-refractivity contribution in [1.82, 2.24) is 10.2 Å². The molecule has 1 aromatic carbocycles. The summed E-state index contributed by atoms with van der Waals surface area (Å²) in [6.45, 7) is 7.06. The summed E-state index contributed by atoms with van der Waals surface area (Å²) in [6.07, 6.45) is 0. The van der Waals surface area contributed by atoms with Gasteiger partial charge in [-0.2, -0.15) is 0 Å². The number of nitrogens with one attached hydrogen (secondary N) is 1. The standard InChI is InChI=1S/C15H24FN3/c1-11-10-18(4)8-9-19(11)15-13(12(2)17-3)6-5-7-14(15)16/h5-7,11-12,17H,8-10H2,1-4H3. The molecule has 0 saturated carbocycles. The lowest BCUT2D eigenvalue weighted by Gasteiger charge is -2.41. The molecule has 2 atom stereocenters. The van der Waals surface area contributed by atoms with Crippen molar-refractivity contribution in [2.45, 2.75) is 25.9 Å². The Morgan fingerprint density at radius 1 is 1.37 bits per heavy atom. The Balaban J connectivity index is 2.37. The highest BCUT2D eigenvalue weighted by molar-refractivity contribution is 5.57. The number of para-hydroxylation sites is 1. The van der Waals surface area contributed by atoms with E-state index in [9.17, 15) is 4.39 Å². The first-order valence-electron chi connectivity index (χ1n) is 6.95. The van der Waals surface area contributed by atoms with Crippen LogP contribution >= 0.6 is 0 Å². The molecule has 106 valence electrons. The summed E-state index contributed by atoms with van der Waals surface area (Å²) >= 11 is 0. The van der Waals surface area contributed by atoms with Gasteiger partial charge in [0.1, 0.15) is 5.82 Å². The Kier molecular flexibility index (Phi) is 4.42. The zero-order chi connectivity index (χ0) is 14.0. The largest absolute Gasteiger partial charge is 0.364 e. The molecule has 0 aromatic heterocycles. The Labute approximate surface area is 115 Å². The van der Waals surface area contributed by atoms with E-state index in [0.29, 0.717) is 6.04 Å². The van der Waals surface area contributed by atoms with E-state index in [1.54, 1.807) is 12.1 Å². The molecule has 19 heavy (non-hydrogen) atoms. The molecule has 1 aliphatic heterocycles. The van der Waals surface area contributed by atoms with Gasteiger partial charge in [0.05, 0.1) is 5.69 Å². The topological polar surface area (TPSA) is 18.5 Å². The SMILES string of the molecule is CNC(C)c1cccc(F)c1N1CCN(C)CC1C. The van der Waals surface area contributed by atoms with Crippen LogP contribution in [-0.2, 0) is 0 Å². The van der Waals surface area contributed by atoms with Crippen molar-refractivity contribution in [3.8, 4) is 0 Å². The predicted molar refractivity (Wildman–Crippen MR) is 78.2 cm³/mol. The molecule has 1 aliphatic rings. The molecule has 0 spiro atoms. The minimum Gasteiger partial charge on any atom is -0.364 e. The van der Waals surface area contributed by atoms with Crippen molar-refractivity contribution in [2.75, 3.05) is 38.6 Å². The number of nitrogens with zero attached hydrogens (tertiary/aromatic N) is 2. The molecule has 2 unspecified atom stereocenters. The van der Waals surface area contributed by atoms with Gasteiger partial charge in [-0.1, -0.05) is 12.1 Å². The molecule has 0 aliphatic carbocycles. The summed E-state index contributed by atoms with van der Waals surface area (Å²) < 4.78 is 14.3. The predicted octanol–water partition coefficient (Wildman–Crippen LogP) is 2.25. The van der Waals surface area contributed by atoms with Crippen molar-refractivity contribution in [1.29, 1.82) is 0 Å². The molecule has 1 saturated heterocycles. The lowest BCUT2D eigenvalue weighted by atomic mass is 10.0. The lowest BCUT2D eigenvalue weighted by molar-refractivity contribution is 0.274. The van der Waals surface area contributed by atoms with E-state index in [1.165, 1.54) is 0 Å². The van der Waals surface area contributed by atoms with Crippen LogP contribution in [0.25, 0.3) is 0 Å². The summed E-state index contributed by atoms with van der Waals surface area (Å²) in [7, 11) is 4.03. The van der Waals surface area contributed by atoms with Gasteiger partial charge in [0, 0.05) is 31.7 Å². The van der Waals surface area contributed by atoms with Crippen LogP contribution in [-0.4, -0.2) is 44.7 Å². The molecule has 3 nitrogen and oxygen atoms in total. The second-order valence-electron chi connectivity index (χ2n) is 5.49. The molecule has 0 amide bonds. The van der Waals surface area contributed by atoms with Gasteiger partial charge in [-0.15, -0.1) is 0 Å². The van der Waals surface area contributed by atoms with E-state index in [4.69, 9.17) is 0 Å². The van der Waals surface area contributed by atoms with E-state index in [-0.39, 0.29) is 11.9 Å². The Morgan fingerprint density at radius 3 is 2.74 bits per heavy atom. The fourth-order valence-corrected chi connectivity index (χ4v) is 2.81. The second kappa shape index (κ2) is 5.88. The van der Waals surface area contributed by atoms with Crippen molar-refractivity contribution in [3.05, 3.63) is 29.6 Å². The fourth-order valence-electron chi connectivity index (χ4n) is 2.81. The van der Waals surface area contributed by atoms with Gasteiger partial charge >= 0.3 is 0 Å². The van der Waals surface area contributed by atoms with Gasteiger partial charge in [-0.25, -0.2) is 4.39 Å². The molecule has 1 fully saturated rings. The maximum Gasteiger partial charge on any atom is 0.146 e. The van der Waals surface area contributed by atoms with E-state index < -0.39 is 0 Å². The molecular formula is C15H24FN3. The summed E-state index contributed by atoms with van der Waals surface area (Å²) in [6, 6.07) is 5.86. The maximum atomic E-state index is 14.3. The third-order valence-corrected chi connectivity index (χ3v) is 4.04. The Hall–Kier alpha value is -1.13. The molecule has 1 heterocycles. The lowest BCUT2D eigenvalue weighted by Crippen LogP contribution is -2.51. The Morgan fingerprint density at radius 2 is 2.11 bits per heavy atom. The molecule has 1 aromatic rings. The van der Waals surface area contributed by atoms with Crippen molar-refractivity contribution < 1.29 is 4.39 Å². The van der Waals surface area contributed by atoms with E-state index >= 15 is 0 Å². The highest BCUT2D eigenvalue weighted by atomic mass is 19.1. The van der Waals surface area contributed by atoms with Crippen LogP contribution in [0.2, 0.25) is 0 Å². The minimum absolute atomic E-state index is 0.115. The number of benzene rings is 1. The molecule has 0 radical (unpaired) electrons. The number of anilines is 1. The number of halogens is 1. The fraction of sp³-hybridized carbons (Fsp3) is 0.600. The highest BCUT2D eigenvalue weighted by Crippen LogP contribution is 2.31. The number of likely N-dealkylation sites (N-methyl/N-ethyl adjacent to an activating group) is 1. The van der Waals surface area contributed by atoms with Gasteiger partial charge in [-0.3, -0.25) is 0 Å². The van der Waals surface area contributed by atoms with E-state index in [1.807, 2.05) is 13.1 Å². The smallest absolute Gasteiger partial charge is 0.146 e. The number of rotatable bonds is 3. The molecule has 2 rings (SSSR count). The monoisotopic (exact) mass is 265 g/mol. The summed E-state index contributed by atoms with van der Waals surface area (Å²) in [5.74, 6) is -0.115. The van der Waals surface area contributed by atoms with Crippen LogP contribution in [0.15, 0.2) is 18.2 Å². The molecule has 0 bridgehead atoms. The van der Waals surface area contributed by atoms with Gasteiger partial charge in [0.15, 0.2) is 0 Å². The van der Waals surface area contributed by atoms with Gasteiger partial charge in [-0.05, 0) is 39.6 Å². The zero-order valence-corrected chi connectivity index (χ0v) is 12.3. The average molecular weight is 265 g/mol. The van der Waals surface area contributed by atoms with Crippen LogP contribution in [0.5, 0.6) is 0 Å². The summed E-state index contributed by atoms with van der Waals surface area (Å²) in [5.41, 5.74) is 1.81. The van der Waals surface area contributed by atoms with E-state index in [0.717, 1.165) is 30.9 Å². The third kappa shape index (κ3) is 2.90. The van der Waals surface area contributed by atoms with Crippen LogP contribution in [0.1, 0.15) is 25.5 Å². The highest BCUT2D eigenvalue weighted by Gasteiger charge is 2.26.